The smallest absolute Gasteiger partial charge is 0.297 e. The first-order chi connectivity index (χ1) is 13.0. The number of carbonyl (C=O) groups excluding carboxylic acids is 1. The van der Waals surface area contributed by atoms with Crippen LogP contribution in [0.2, 0.25) is 0 Å². The first kappa shape index (κ1) is 18.9. The molecule has 142 valence electrons. The molecule has 1 amide bonds. The summed E-state index contributed by atoms with van der Waals surface area (Å²) in [5.41, 5.74) is 1.18. The second-order valence-electron chi connectivity index (χ2n) is 5.59. The van der Waals surface area contributed by atoms with Crippen molar-refractivity contribution < 1.29 is 14.5 Å². The average molecular weight is 389 g/mol. The molecule has 2 heterocycles. The van der Waals surface area contributed by atoms with Crippen molar-refractivity contribution in [3.63, 3.8) is 0 Å². The van der Waals surface area contributed by atoms with Crippen LogP contribution in [-0.4, -0.2) is 38.4 Å². The van der Waals surface area contributed by atoms with Gasteiger partial charge in [-0.2, -0.15) is 10.1 Å². The van der Waals surface area contributed by atoms with E-state index in [0.717, 1.165) is 5.52 Å². The van der Waals surface area contributed by atoms with Gasteiger partial charge in [-0.05, 0) is 26.0 Å². The number of nitro benzene ring substituents is 1. The van der Waals surface area contributed by atoms with Gasteiger partial charge in [0.25, 0.3) is 11.6 Å². The maximum Gasteiger partial charge on any atom is 0.297 e. The highest BCUT2D eigenvalue weighted by Gasteiger charge is 2.15. The van der Waals surface area contributed by atoms with Gasteiger partial charge in [0, 0.05) is 38.0 Å². The lowest BCUT2D eigenvalue weighted by Gasteiger charge is -2.05. The van der Waals surface area contributed by atoms with Crippen LogP contribution in [0.5, 0.6) is 0 Å². The van der Waals surface area contributed by atoms with Crippen LogP contribution in [0.3, 0.4) is 0 Å². The number of fused-ring (bicyclic) bond motifs is 1. The number of hydrogen-bond acceptors (Lipinski definition) is 6. The number of rotatable bonds is 7. The molecule has 3 aromatic rings. The lowest BCUT2D eigenvalue weighted by Crippen LogP contribution is -2.20. The number of carbonyl (C=O) groups is 1. The van der Waals surface area contributed by atoms with Crippen LogP contribution in [0.1, 0.15) is 24.3 Å². The normalized spacial score (nSPS) is 12.0. The third kappa shape index (κ3) is 3.96. The van der Waals surface area contributed by atoms with Crippen molar-refractivity contribution in [3.8, 4) is 0 Å². The standard InChI is InChI=1S/C17H19N5O4S/c1-3-21-14(7-8-18-21)16(23)19-17-20(9-10-26-4-2)13-6-5-12(22(24)25)11-15(13)27-17/h5-8,11H,3-4,9-10H2,1-2H3. The van der Waals surface area contributed by atoms with Gasteiger partial charge in [-0.3, -0.25) is 19.6 Å². The topological polar surface area (TPSA) is 105 Å². The molecule has 0 aliphatic heterocycles. The van der Waals surface area contributed by atoms with Gasteiger partial charge in [-0.25, -0.2) is 0 Å². The molecule has 0 radical (unpaired) electrons. The van der Waals surface area contributed by atoms with Gasteiger partial charge in [0.2, 0.25) is 0 Å². The summed E-state index contributed by atoms with van der Waals surface area (Å²) in [4.78, 5) is 28.0. The summed E-state index contributed by atoms with van der Waals surface area (Å²) in [6.07, 6.45) is 1.56. The third-order valence-corrected chi connectivity index (χ3v) is 5.01. The van der Waals surface area contributed by atoms with Crippen molar-refractivity contribution in [3.05, 3.63) is 51.1 Å². The Kier molecular flexibility index (Phi) is 5.77. The molecule has 0 fully saturated rings. The molecule has 0 saturated carbocycles. The van der Waals surface area contributed by atoms with E-state index >= 15 is 0 Å². The molecular weight excluding hydrogens is 370 g/mol. The Morgan fingerprint density at radius 2 is 2.19 bits per heavy atom. The number of nitrogens with zero attached hydrogens (tertiary/aromatic N) is 5. The first-order valence-electron chi connectivity index (χ1n) is 8.51. The van der Waals surface area contributed by atoms with Crippen LogP contribution >= 0.6 is 11.3 Å². The van der Waals surface area contributed by atoms with Gasteiger partial charge >= 0.3 is 0 Å². The van der Waals surface area contributed by atoms with Crippen LogP contribution in [0.15, 0.2) is 35.5 Å². The van der Waals surface area contributed by atoms with Gasteiger partial charge in [0.15, 0.2) is 4.80 Å². The maximum absolute atomic E-state index is 12.6. The minimum Gasteiger partial charge on any atom is -0.380 e. The van der Waals surface area contributed by atoms with Gasteiger partial charge in [0.05, 0.1) is 21.7 Å². The fourth-order valence-electron chi connectivity index (χ4n) is 2.69. The Labute approximate surface area is 158 Å². The van der Waals surface area contributed by atoms with Crippen molar-refractivity contribution in [2.45, 2.75) is 26.9 Å². The zero-order valence-electron chi connectivity index (χ0n) is 15.0. The molecule has 0 unspecified atom stereocenters. The molecule has 27 heavy (non-hydrogen) atoms. The summed E-state index contributed by atoms with van der Waals surface area (Å²) in [5.74, 6) is -0.402. The summed E-state index contributed by atoms with van der Waals surface area (Å²) < 4.78 is 9.54. The highest BCUT2D eigenvalue weighted by Crippen LogP contribution is 2.23. The first-order valence-corrected chi connectivity index (χ1v) is 9.33. The number of thiazole rings is 1. The zero-order chi connectivity index (χ0) is 19.4. The van der Waals surface area contributed by atoms with Crippen molar-refractivity contribution >= 4 is 33.1 Å². The highest BCUT2D eigenvalue weighted by molar-refractivity contribution is 7.16. The van der Waals surface area contributed by atoms with E-state index in [-0.39, 0.29) is 5.69 Å². The molecule has 0 bridgehead atoms. The highest BCUT2D eigenvalue weighted by atomic mass is 32.1. The zero-order valence-corrected chi connectivity index (χ0v) is 15.8. The number of ether oxygens (including phenoxy) is 1. The van der Waals surface area contributed by atoms with Crippen molar-refractivity contribution in [1.29, 1.82) is 0 Å². The Hall–Kier alpha value is -2.85. The molecule has 10 heteroatoms. The minimum atomic E-state index is -0.439. The molecule has 0 atom stereocenters. The van der Waals surface area contributed by atoms with Crippen LogP contribution < -0.4 is 4.80 Å². The Balaban J connectivity index is 2.10. The van der Waals surface area contributed by atoms with Crippen LogP contribution in [0.25, 0.3) is 10.2 Å². The number of aryl methyl sites for hydroxylation is 1. The molecule has 0 spiro atoms. The second kappa shape index (κ2) is 8.23. The van der Waals surface area contributed by atoms with Crippen LogP contribution in [-0.2, 0) is 17.8 Å². The maximum atomic E-state index is 12.6. The van der Waals surface area contributed by atoms with Crippen molar-refractivity contribution in [2.24, 2.45) is 4.99 Å². The van der Waals surface area contributed by atoms with Crippen molar-refractivity contribution in [1.82, 2.24) is 14.3 Å². The molecule has 3 rings (SSSR count). The molecule has 9 nitrogen and oxygen atoms in total. The summed E-state index contributed by atoms with van der Waals surface area (Å²) in [6, 6.07) is 6.24. The quantitative estimate of drug-likeness (QED) is 0.351. The number of aromatic nitrogens is 3. The largest absolute Gasteiger partial charge is 0.380 e. The second-order valence-corrected chi connectivity index (χ2v) is 6.60. The fourth-order valence-corrected chi connectivity index (χ4v) is 3.78. The average Bonchev–Trinajstić information content (AvgIpc) is 3.26. The van der Waals surface area contributed by atoms with Gasteiger partial charge < -0.3 is 9.30 Å². The van der Waals surface area contributed by atoms with E-state index in [0.29, 0.717) is 41.5 Å². The van der Waals surface area contributed by atoms with E-state index < -0.39 is 10.8 Å². The molecule has 0 aliphatic rings. The molecular formula is C17H19N5O4S. The van der Waals surface area contributed by atoms with Gasteiger partial charge in [-0.15, -0.1) is 0 Å². The Bertz CT molecular complexity index is 1050. The lowest BCUT2D eigenvalue weighted by atomic mass is 10.3. The van der Waals surface area contributed by atoms with E-state index in [4.69, 9.17) is 4.74 Å². The number of nitro groups is 1. The van der Waals surface area contributed by atoms with Crippen molar-refractivity contribution in [2.75, 3.05) is 13.2 Å². The number of hydrogen-bond donors (Lipinski definition) is 0. The van der Waals surface area contributed by atoms with E-state index in [2.05, 4.69) is 10.1 Å². The van der Waals surface area contributed by atoms with Crippen LogP contribution in [0.4, 0.5) is 5.69 Å². The predicted molar refractivity (Wildman–Crippen MR) is 101 cm³/mol. The van der Waals surface area contributed by atoms with E-state index in [9.17, 15) is 14.9 Å². The van der Waals surface area contributed by atoms with Gasteiger partial charge in [0.1, 0.15) is 5.69 Å². The SMILES string of the molecule is CCOCCn1c(=NC(=O)c2ccnn2CC)sc2cc([N+](=O)[O-])ccc21. The molecule has 1 aromatic carbocycles. The summed E-state index contributed by atoms with van der Waals surface area (Å²) in [5, 5.41) is 15.1. The monoisotopic (exact) mass is 389 g/mol. The molecule has 0 aliphatic carbocycles. The molecule has 0 saturated heterocycles. The predicted octanol–water partition coefficient (Wildman–Crippen LogP) is 2.61. The minimum absolute atomic E-state index is 0.00245. The third-order valence-electron chi connectivity index (χ3n) is 3.97. The van der Waals surface area contributed by atoms with Crippen LogP contribution in [0, 0.1) is 10.1 Å². The summed E-state index contributed by atoms with van der Waals surface area (Å²) >= 11 is 1.24. The van der Waals surface area contributed by atoms with E-state index in [1.165, 1.54) is 23.5 Å². The van der Waals surface area contributed by atoms with E-state index in [1.54, 1.807) is 23.0 Å². The number of amides is 1. The molecule has 0 N–H and O–H groups in total. The Morgan fingerprint density at radius 1 is 1.37 bits per heavy atom. The van der Waals surface area contributed by atoms with Gasteiger partial charge in [-0.1, -0.05) is 11.3 Å². The molecule has 2 aromatic heterocycles. The Morgan fingerprint density at radius 3 is 2.89 bits per heavy atom. The summed E-state index contributed by atoms with van der Waals surface area (Å²) in [7, 11) is 0. The fraction of sp³-hybridized carbons (Fsp3) is 0.353. The number of non-ortho nitro benzene ring substituents is 1. The summed E-state index contributed by atoms with van der Waals surface area (Å²) in [6.45, 7) is 5.88. The number of benzene rings is 1. The van der Waals surface area contributed by atoms with E-state index in [1.807, 2.05) is 18.4 Å². The lowest BCUT2D eigenvalue weighted by molar-refractivity contribution is -0.384.